The zero-order chi connectivity index (χ0) is 24.8. The summed E-state index contributed by atoms with van der Waals surface area (Å²) in [6.07, 6.45) is 2.38. The van der Waals surface area contributed by atoms with Crippen molar-refractivity contribution in [2.75, 3.05) is 27.2 Å². The second-order valence-corrected chi connectivity index (χ2v) is 8.24. The highest BCUT2D eigenvalue weighted by Gasteiger charge is 2.25. The number of nitrogens with two attached hydrogens (primary N) is 1. The molecule has 4 amide bonds. The number of nitrogens with one attached hydrogen (secondary N) is 2. The number of amides is 4. The monoisotopic (exact) mass is 461 g/mol. The summed E-state index contributed by atoms with van der Waals surface area (Å²) in [6.45, 7) is 4.28. The number of nitrogens with zero attached hydrogens (tertiary/aromatic N) is 2. The van der Waals surface area contributed by atoms with Gasteiger partial charge in [-0.05, 0) is 32.0 Å². The molecule has 0 aliphatic heterocycles. The Morgan fingerprint density at radius 2 is 1.79 bits per heavy atom. The van der Waals surface area contributed by atoms with Gasteiger partial charge in [0.05, 0.1) is 6.54 Å². The van der Waals surface area contributed by atoms with Crippen LogP contribution in [0.25, 0.3) is 0 Å². The Hall–Kier alpha value is -3.40. The van der Waals surface area contributed by atoms with Crippen LogP contribution in [0.1, 0.15) is 32.3 Å². The van der Waals surface area contributed by atoms with Gasteiger partial charge >= 0.3 is 6.09 Å². The van der Waals surface area contributed by atoms with E-state index < -0.39 is 29.9 Å². The van der Waals surface area contributed by atoms with E-state index >= 15 is 0 Å². The average molecular weight is 462 g/mol. The van der Waals surface area contributed by atoms with Crippen molar-refractivity contribution in [3.05, 3.63) is 48.0 Å². The van der Waals surface area contributed by atoms with Crippen LogP contribution in [0.15, 0.2) is 42.5 Å². The van der Waals surface area contributed by atoms with Gasteiger partial charge in [0.25, 0.3) is 11.8 Å². The molecule has 0 saturated carbocycles. The molecular weight excluding hydrogens is 426 g/mol. The van der Waals surface area contributed by atoms with E-state index in [2.05, 4.69) is 10.7 Å². The molecule has 0 radical (unpaired) electrons. The molecule has 1 rings (SSSR count). The summed E-state index contributed by atoms with van der Waals surface area (Å²) in [5.41, 5.74) is 8.50. The van der Waals surface area contributed by atoms with Crippen LogP contribution < -0.4 is 16.5 Å². The van der Waals surface area contributed by atoms with Gasteiger partial charge in [0, 0.05) is 19.0 Å². The molecule has 0 spiro atoms. The van der Waals surface area contributed by atoms with Crippen LogP contribution in [-0.4, -0.2) is 67.0 Å². The van der Waals surface area contributed by atoms with Crippen molar-refractivity contribution < 1.29 is 23.9 Å². The predicted octanol–water partition coefficient (Wildman–Crippen LogP) is 1.18. The molecule has 0 aromatic heterocycles. The Morgan fingerprint density at radius 3 is 2.36 bits per heavy atom. The molecule has 1 atom stereocenters. The Kier molecular flexibility index (Phi) is 12.2. The molecule has 1 aromatic rings. The van der Waals surface area contributed by atoms with Gasteiger partial charge in [0.15, 0.2) is 0 Å². The maximum atomic E-state index is 12.9. The number of carbonyl (C=O) groups is 4. The number of hydrogen-bond donors (Lipinski definition) is 3. The minimum atomic E-state index is -0.942. The number of primary amides is 1. The zero-order valence-corrected chi connectivity index (χ0v) is 19.7. The highest BCUT2D eigenvalue weighted by molar-refractivity contribution is 5.92. The smallest absolute Gasteiger partial charge is 0.408 e. The molecule has 1 aromatic carbocycles. The molecule has 0 heterocycles. The molecule has 0 bridgehead atoms. The van der Waals surface area contributed by atoms with Crippen molar-refractivity contribution in [3.8, 4) is 0 Å². The normalized spacial score (nSPS) is 11.9. The third-order valence-corrected chi connectivity index (χ3v) is 4.35. The summed E-state index contributed by atoms with van der Waals surface area (Å²) in [7, 11) is 3.70. The van der Waals surface area contributed by atoms with Crippen molar-refractivity contribution in [1.29, 1.82) is 0 Å². The lowest BCUT2D eigenvalue weighted by Gasteiger charge is -2.26. The molecule has 4 N–H and O–H groups in total. The molecule has 0 aliphatic carbocycles. The number of ether oxygens (including phenoxy) is 1. The quantitative estimate of drug-likeness (QED) is 0.316. The first-order valence-corrected chi connectivity index (χ1v) is 10.8. The molecule has 0 unspecified atom stereocenters. The molecule has 0 aliphatic rings. The minimum Gasteiger partial charge on any atom is -0.445 e. The second kappa shape index (κ2) is 14.6. The fourth-order valence-electron chi connectivity index (χ4n) is 2.72. The van der Waals surface area contributed by atoms with Crippen molar-refractivity contribution in [2.24, 2.45) is 11.7 Å². The van der Waals surface area contributed by atoms with Gasteiger partial charge < -0.3 is 20.7 Å². The molecule has 0 saturated heterocycles. The minimum absolute atomic E-state index is 0.0581. The van der Waals surface area contributed by atoms with E-state index in [1.54, 1.807) is 6.08 Å². The summed E-state index contributed by atoms with van der Waals surface area (Å²) in [4.78, 5) is 50.8. The van der Waals surface area contributed by atoms with Gasteiger partial charge in [-0.3, -0.25) is 19.8 Å². The molecule has 182 valence electrons. The van der Waals surface area contributed by atoms with Crippen molar-refractivity contribution in [2.45, 2.75) is 39.3 Å². The van der Waals surface area contributed by atoms with E-state index in [1.165, 1.54) is 6.08 Å². The fraction of sp³-hybridized carbons (Fsp3) is 0.478. The van der Waals surface area contributed by atoms with E-state index in [0.29, 0.717) is 13.0 Å². The molecule has 10 nitrogen and oxygen atoms in total. The second-order valence-electron chi connectivity index (χ2n) is 8.24. The van der Waals surface area contributed by atoms with Gasteiger partial charge in [-0.15, -0.1) is 0 Å². The molecule has 10 heteroatoms. The lowest BCUT2D eigenvalue weighted by Crippen LogP contribution is -2.54. The highest BCUT2D eigenvalue weighted by atomic mass is 16.5. The van der Waals surface area contributed by atoms with E-state index in [1.807, 2.05) is 63.2 Å². The maximum absolute atomic E-state index is 12.9. The first kappa shape index (κ1) is 27.6. The van der Waals surface area contributed by atoms with Crippen LogP contribution in [0.5, 0.6) is 0 Å². The summed E-state index contributed by atoms with van der Waals surface area (Å²) in [6, 6.07) is 8.21. The van der Waals surface area contributed by atoms with Crippen molar-refractivity contribution in [3.63, 3.8) is 0 Å². The van der Waals surface area contributed by atoms with Crippen LogP contribution >= 0.6 is 0 Å². The van der Waals surface area contributed by atoms with Gasteiger partial charge in [-0.25, -0.2) is 9.80 Å². The van der Waals surface area contributed by atoms with E-state index in [0.717, 1.165) is 10.6 Å². The average Bonchev–Trinajstić information content (AvgIpc) is 2.74. The van der Waals surface area contributed by atoms with Gasteiger partial charge in [0.2, 0.25) is 5.91 Å². The Bertz CT molecular complexity index is 811. The summed E-state index contributed by atoms with van der Waals surface area (Å²) >= 11 is 0. The standard InChI is InChI=1S/C23H35N5O5/c1-17(2)15-19(25-23(32)33-16-18-9-6-5-7-10-18)22(31)26-28(14-12-20(24)29)21(30)11-8-13-27(3)4/h5-11,17,19H,12-16H2,1-4H3,(H2,24,29)(H,25,32)(H,26,31)/b11-8+/t19-/m0/s1. The predicted molar refractivity (Wildman–Crippen MR) is 124 cm³/mol. The highest BCUT2D eigenvalue weighted by Crippen LogP contribution is 2.07. The number of hydrazine groups is 1. The fourth-order valence-corrected chi connectivity index (χ4v) is 2.72. The SMILES string of the molecule is CC(C)C[C@H](NC(=O)OCc1ccccc1)C(=O)NN(CCC(N)=O)C(=O)/C=C/CN(C)C. The number of alkyl carbamates (subject to hydrolysis) is 1. The summed E-state index contributed by atoms with van der Waals surface area (Å²) in [5, 5.41) is 3.58. The van der Waals surface area contributed by atoms with Gasteiger partial charge in [-0.2, -0.15) is 0 Å². The number of benzene rings is 1. The lowest BCUT2D eigenvalue weighted by atomic mass is 10.0. The van der Waals surface area contributed by atoms with Crippen LogP contribution in [0.4, 0.5) is 4.79 Å². The third kappa shape index (κ3) is 12.3. The van der Waals surface area contributed by atoms with E-state index in [-0.39, 0.29) is 25.5 Å². The maximum Gasteiger partial charge on any atom is 0.408 e. The molecule has 33 heavy (non-hydrogen) atoms. The molecular formula is C23H35N5O5. The Balaban J connectivity index is 2.82. The van der Waals surface area contributed by atoms with E-state index in [9.17, 15) is 19.2 Å². The van der Waals surface area contributed by atoms with Crippen molar-refractivity contribution in [1.82, 2.24) is 20.7 Å². The Morgan fingerprint density at radius 1 is 1.12 bits per heavy atom. The largest absolute Gasteiger partial charge is 0.445 e. The van der Waals surface area contributed by atoms with E-state index in [4.69, 9.17) is 10.5 Å². The number of likely N-dealkylation sites (N-methyl/N-ethyl adjacent to an activating group) is 1. The number of rotatable bonds is 12. The molecule has 0 fully saturated rings. The topological polar surface area (TPSA) is 134 Å². The summed E-state index contributed by atoms with van der Waals surface area (Å²) in [5.74, 6) is -1.65. The lowest BCUT2D eigenvalue weighted by molar-refractivity contribution is -0.139. The summed E-state index contributed by atoms with van der Waals surface area (Å²) < 4.78 is 5.21. The third-order valence-electron chi connectivity index (χ3n) is 4.35. The first-order valence-electron chi connectivity index (χ1n) is 10.8. The number of carbonyl (C=O) groups excluding carboxylic acids is 4. The van der Waals surface area contributed by atoms with Crippen molar-refractivity contribution >= 4 is 23.8 Å². The zero-order valence-electron chi connectivity index (χ0n) is 19.7. The van der Waals surface area contributed by atoms with Gasteiger partial charge in [0.1, 0.15) is 12.6 Å². The Labute approximate surface area is 195 Å². The first-order chi connectivity index (χ1) is 15.6. The number of hydrogen-bond acceptors (Lipinski definition) is 6. The van der Waals surface area contributed by atoms with Gasteiger partial charge in [-0.1, -0.05) is 50.3 Å². The van der Waals surface area contributed by atoms with Crippen LogP contribution in [0.2, 0.25) is 0 Å². The van der Waals surface area contributed by atoms with Crippen LogP contribution in [0.3, 0.4) is 0 Å². The van der Waals surface area contributed by atoms with Crippen LogP contribution in [-0.2, 0) is 25.7 Å². The van der Waals surface area contributed by atoms with Crippen LogP contribution in [0, 0.1) is 5.92 Å².